The van der Waals surface area contributed by atoms with Gasteiger partial charge < -0.3 is 10.1 Å². The first-order valence-corrected chi connectivity index (χ1v) is 9.68. The molecule has 0 aliphatic heterocycles. The zero-order valence-corrected chi connectivity index (χ0v) is 15.9. The molecule has 0 amide bonds. The molecule has 4 rings (SSSR count). The van der Waals surface area contributed by atoms with Gasteiger partial charge in [-0.2, -0.15) is 0 Å². The standard InChI is InChI=1S/C23H20N2OS/c1-26-21-9-5-6-17(14-21)15-24-23-25-22(16-27-23)20-12-10-19(11-13-20)18-7-3-2-4-8-18/h2-14,16H,15H2,1H3,(H,24,25). The molecule has 0 spiro atoms. The first-order valence-electron chi connectivity index (χ1n) is 8.80. The maximum Gasteiger partial charge on any atom is 0.183 e. The summed E-state index contributed by atoms with van der Waals surface area (Å²) in [6, 6.07) is 27.0. The van der Waals surface area contributed by atoms with Gasteiger partial charge >= 0.3 is 0 Å². The van der Waals surface area contributed by atoms with E-state index in [2.05, 4.69) is 65.3 Å². The van der Waals surface area contributed by atoms with Gasteiger partial charge in [0.25, 0.3) is 0 Å². The predicted molar refractivity (Wildman–Crippen MR) is 113 cm³/mol. The van der Waals surface area contributed by atoms with Gasteiger partial charge in [-0.1, -0.05) is 66.7 Å². The van der Waals surface area contributed by atoms with Crippen LogP contribution in [-0.4, -0.2) is 12.1 Å². The first-order chi connectivity index (χ1) is 13.3. The van der Waals surface area contributed by atoms with Crippen molar-refractivity contribution in [2.75, 3.05) is 12.4 Å². The second-order valence-corrected chi connectivity index (χ2v) is 7.04. The number of nitrogens with zero attached hydrogens (tertiary/aromatic N) is 1. The summed E-state index contributed by atoms with van der Waals surface area (Å²) >= 11 is 1.62. The monoisotopic (exact) mass is 372 g/mol. The topological polar surface area (TPSA) is 34.1 Å². The Balaban J connectivity index is 1.44. The van der Waals surface area contributed by atoms with Crippen molar-refractivity contribution in [3.63, 3.8) is 0 Å². The fourth-order valence-electron chi connectivity index (χ4n) is 2.91. The van der Waals surface area contributed by atoms with Gasteiger partial charge in [-0.05, 0) is 28.8 Å². The Morgan fingerprint density at radius 3 is 2.37 bits per heavy atom. The zero-order valence-electron chi connectivity index (χ0n) is 15.1. The fourth-order valence-corrected chi connectivity index (χ4v) is 3.63. The summed E-state index contributed by atoms with van der Waals surface area (Å²) in [6.07, 6.45) is 0. The van der Waals surface area contributed by atoms with E-state index < -0.39 is 0 Å². The quantitative estimate of drug-likeness (QED) is 0.444. The van der Waals surface area contributed by atoms with Crippen molar-refractivity contribution in [2.45, 2.75) is 6.54 Å². The average molecular weight is 372 g/mol. The van der Waals surface area contributed by atoms with Crippen molar-refractivity contribution in [1.29, 1.82) is 0 Å². The highest BCUT2D eigenvalue weighted by Gasteiger charge is 2.06. The maximum absolute atomic E-state index is 5.27. The number of anilines is 1. The summed E-state index contributed by atoms with van der Waals surface area (Å²) in [5.41, 5.74) is 5.72. The van der Waals surface area contributed by atoms with Crippen LogP contribution in [0, 0.1) is 0 Å². The Hall–Kier alpha value is -3.11. The lowest BCUT2D eigenvalue weighted by Crippen LogP contribution is -1.99. The molecule has 1 N–H and O–H groups in total. The van der Waals surface area contributed by atoms with Crippen molar-refractivity contribution in [3.05, 3.63) is 89.8 Å². The molecule has 0 saturated heterocycles. The van der Waals surface area contributed by atoms with Gasteiger partial charge in [-0.15, -0.1) is 11.3 Å². The molecule has 4 aromatic rings. The summed E-state index contributed by atoms with van der Waals surface area (Å²) in [5, 5.41) is 6.40. The van der Waals surface area contributed by atoms with Crippen LogP contribution in [-0.2, 0) is 6.54 Å². The van der Waals surface area contributed by atoms with E-state index in [1.807, 2.05) is 24.3 Å². The van der Waals surface area contributed by atoms with E-state index in [9.17, 15) is 0 Å². The number of thiazole rings is 1. The Bertz CT molecular complexity index is 1010. The van der Waals surface area contributed by atoms with Gasteiger partial charge in [-0.25, -0.2) is 4.98 Å². The number of rotatable bonds is 6. The number of nitrogens with one attached hydrogen (secondary N) is 1. The average Bonchev–Trinajstić information content (AvgIpc) is 3.22. The van der Waals surface area contributed by atoms with Crippen LogP contribution in [0.15, 0.2) is 84.2 Å². The highest BCUT2D eigenvalue weighted by atomic mass is 32.1. The molecule has 0 bridgehead atoms. The molecular formula is C23H20N2OS. The highest BCUT2D eigenvalue weighted by molar-refractivity contribution is 7.14. The SMILES string of the molecule is COc1cccc(CNc2nc(-c3ccc(-c4ccccc4)cc3)cs2)c1. The predicted octanol–water partition coefficient (Wildman–Crippen LogP) is 6.10. The molecule has 4 heteroatoms. The first kappa shape index (κ1) is 17.3. The normalized spacial score (nSPS) is 10.6. The molecule has 0 fully saturated rings. The summed E-state index contributed by atoms with van der Waals surface area (Å²) in [5.74, 6) is 0.868. The summed E-state index contributed by atoms with van der Waals surface area (Å²) in [7, 11) is 1.68. The fraction of sp³-hybridized carbons (Fsp3) is 0.0870. The Morgan fingerprint density at radius 1 is 0.852 bits per heavy atom. The van der Waals surface area contributed by atoms with E-state index in [4.69, 9.17) is 9.72 Å². The largest absolute Gasteiger partial charge is 0.497 e. The van der Waals surface area contributed by atoms with E-state index in [-0.39, 0.29) is 0 Å². The molecule has 1 aromatic heterocycles. The highest BCUT2D eigenvalue weighted by Crippen LogP contribution is 2.28. The van der Waals surface area contributed by atoms with Crippen LogP contribution in [0.3, 0.4) is 0 Å². The second kappa shape index (κ2) is 8.06. The number of hydrogen-bond acceptors (Lipinski definition) is 4. The van der Waals surface area contributed by atoms with E-state index in [0.29, 0.717) is 0 Å². The summed E-state index contributed by atoms with van der Waals surface area (Å²) in [4.78, 5) is 4.72. The van der Waals surface area contributed by atoms with Crippen LogP contribution in [0.4, 0.5) is 5.13 Å². The minimum atomic E-state index is 0.719. The van der Waals surface area contributed by atoms with Crippen LogP contribution in [0.1, 0.15) is 5.56 Å². The lowest BCUT2D eigenvalue weighted by atomic mass is 10.0. The molecule has 3 nitrogen and oxygen atoms in total. The van der Waals surface area contributed by atoms with Crippen LogP contribution in [0.25, 0.3) is 22.4 Å². The number of hydrogen-bond donors (Lipinski definition) is 1. The van der Waals surface area contributed by atoms with Crippen molar-refractivity contribution in [2.24, 2.45) is 0 Å². The van der Waals surface area contributed by atoms with Crippen molar-refractivity contribution in [3.8, 4) is 28.1 Å². The third-order valence-corrected chi connectivity index (χ3v) is 5.17. The molecule has 3 aromatic carbocycles. The van der Waals surface area contributed by atoms with Crippen LogP contribution in [0.2, 0.25) is 0 Å². The van der Waals surface area contributed by atoms with Crippen LogP contribution < -0.4 is 10.1 Å². The maximum atomic E-state index is 5.27. The van der Waals surface area contributed by atoms with Gasteiger partial charge in [0.2, 0.25) is 0 Å². The molecule has 0 unspecified atom stereocenters. The lowest BCUT2D eigenvalue weighted by molar-refractivity contribution is 0.414. The van der Waals surface area contributed by atoms with Crippen molar-refractivity contribution < 1.29 is 4.74 Å². The number of methoxy groups -OCH3 is 1. The molecule has 0 aliphatic carbocycles. The van der Waals surface area contributed by atoms with Gasteiger partial charge in [-0.3, -0.25) is 0 Å². The van der Waals surface area contributed by atoms with Crippen molar-refractivity contribution in [1.82, 2.24) is 4.98 Å². The zero-order chi connectivity index (χ0) is 18.5. The summed E-state index contributed by atoms with van der Waals surface area (Å²) < 4.78 is 5.27. The Morgan fingerprint density at radius 2 is 1.59 bits per heavy atom. The molecular weight excluding hydrogens is 352 g/mol. The molecule has 0 radical (unpaired) electrons. The number of benzene rings is 3. The minimum absolute atomic E-state index is 0.719. The molecule has 0 aliphatic rings. The molecule has 27 heavy (non-hydrogen) atoms. The minimum Gasteiger partial charge on any atom is -0.497 e. The molecule has 1 heterocycles. The smallest absolute Gasteiger partial charge is 0.183 e. The third kappa shape index (κ3) is 4.18. The molecule has 134 valence electrons. The van der Waals surface area contributed by atoms with E-state index in [1.165, 1.54) is 16.7 Å². The van der Waals surface area contributed by atoms with Gasteiger partial charge in [0.05, 0.1) is 12.8 Å². The molecule has 0 saturated carbocycles. The number of ether oxygens (including phenoxy) is 1. The van der Waals surface area contributed by atoms with Gasteiger partial charge in [0, 0.05) is 17.5 Å². The Labute approximate surface area is 163 Å². The summed E-state index contributed by atoms with van der Waals surface area (Å²) in [6.45, 7) is 0.719. The van der Waals surface area contributed by atoms with Gasteiger partial charge in [0.15, 0.2) is 5.13 Å². The third-order valence-electron chi connectivity index (χ3n) is 4.37. The second-order valence-electron chi connectivity index (χ2n) is 6.19. The van der Waals surface area contributed by atoms with Crippen LogP contribution >= 0.6 is 11.3 Å². The Kier molecular flexibility index (Phi) is 5.17. The van der Waals surface area contributed by atoms with Gasteiger partial charge in [0.1, 0.15) is 5.75 Å². The van der Waals surface area contributed by atoms with Crippen molar-refractivity contribution >= 4 is 16.5 Å². The lowest BCUT2D eigenvalue weighted by Gasteiger charge is -2.05. The van der Waals surface area contributed by atoms with E-state index in [1.54, 1.807) is 18.4 Å². The van der Waals surface area contributed by atoms with Crippen LogP contribution in [0.5, 0.6) is 5.75 Å². The van der Waals surface area contributed by atoms with E-state index >= 15 is 0 Å². The van der Waals surface area contributed by atoms with E-state index in [0.717, 1.165) is 28.7 Å². The number of aromatic nitrogens is 1. The molecule has 0 atom stereocenters.